The van der Waals surface area contributed by atoms with Gasteiger partial charge in [-0.1, -0.05) is 12.0 Å². The SMILES string of the molecule is C#Cc1cc(C=NNc2nc(N)cs2)ccc1F. The number of rotatable bonds is 3. The van der Waals surface area contributed by atoms with Gasteiger partial charge < -0.3 is 5.73 Å². The normalized spacial score (nSPS) is 10.4. The predicted octanol–water partition coefficient (Wildman–Crippen LogP) is 2.29. The second kappa shape index (κ2) is 5.29. The summed E-state index contributed by atoms with van der Waals surface area (Å²) in [6.07, 6.45) is 6.70. The van der Waals surface area contributed by atoms with Crippen LogP contribution in [0.25, 0.3) is 0 Å². The lowest BCUT2D eigenvalue weighted by atomic mass is 10.1. The molecule has 0 saturated carbocycles. The van der Waals surface area contributed by atoms with Gasteiger partial charge in [0.2, 0.25) is 5.13 Å². The summed E-state index contributed by atoms with van der Waals surface area (Å²) >= 11 is 1.34. The van der Waals surface area contributed by atoms with Gasteiger partial charge in [0.1, 0.15) is 11.6 Å². The number of terminal acetylenes is 1. The summed E-state index contributed by atoms with van der Waals surface area (Å²) in [5.41, 5.74) is 9.08. The van der Waals surface area contributed by atoms with E-state index in [1.165, 1.54) is 29.7 Å². The number of halogens is 1. The number of thiazole rings is 1. The molecular formula is C12H9FN4S. The average Bonchev–Trinajstić information content (AvgIpc) is 2.77. The minimum atomic E-state index is -0.421. The lowest BCUT2D eigenvalue weighted by Gasteiger charge is -1.97. The quantitative estimate of drug-likeness (QED) is 0.505. The molecule has 90 valence electrons. The van der Waals surface area contributed by atoms with Crippen molar-refractivity contribution in [3.05, 3.63) is 40.5 Å². The third-order valence-corrected chi connectivity index (χ3v) is 2.81. The van der Waals surface area contributed by atoms with Gasteiger partial charge in [0.15, 0.2) is 0 Å². The van der Waals surface area contributed by atoms with E-state index in [9.17, 15) is 4.39 Å². The van der Waals surface area contributed by atoms with E-state index in [4.69, 9.17) is 12.2 Å². The molecule has 2 aromatic rings. The maximum absolute atomic E-state index is 13.1. The first kappa shape index (κ1) is 12.1. The highest BCUT2D eigenvalue weighted by atomic mass is 32.1. The van der Waals surface area contributed by atoms with Crippen molar-refractivity contribution < 1.29 is 4.39 Å². The molecule has 18 heavy (non-hydrogen) atoms. The first-order valence-corrected chi connectivity index (χ1v) is 5.83. The Hall–Kier alpha value is -2.39. The van der Waals surface area contributed by atoms with Gasteiger partial charge in [-0.15, -0.1) is 17.8 Å². The van der Waals surface area contributed by atoms with E-state index in [0.29, 0.717) is 16.5 Å². The van der Waals surface area contributed by atoms with Gasteiger partial charge in [0, 0.05) is 5.38 Å². The molecule has 1 heterocycles. The van der Waals surface area contributed by atoms with E-state index in [0.717, 1.165) is 0 Å². The van der Waals surface area contributed by atoms with Crippen LogP contribution in [0.1, 0.15) is 11.1 Å². The van der Waals surface area contributed by atoms with Crippen LogP contribution in [0, 0.1) is 18.2 Å². The van der Waals surface area contributed by atoms with Gasteiger partial charge in [-0.25, -0.2) is 9.37 Å². The van der Waals surface area contributed by atoms with Gasteiger partial charge in [0.25, 0.3) is 0 Å². The summed E-state index contributed by atoms with van der Waals surface area (Å²) in [4.78, 5) is 3.97. The largest absolute Gasteiger partial charge is 0.383 e. The molecule has 0 amide bonds. The topological polar surface area (TPSA) is 63.3 Å². The predicted molar refractivity (Wildman–Crippen MR) is 72.1 cm³/mol. The van der Waals surface area contributed by atoms with Gasteiger partial charge in [-0.3, -0.25) is 5.43 Å². The summed E-state index contributed by atoms with van der Waals surface area (Å²) in [6.45, 7) is 0. The maximum atomic E-state index is 13.1. The van der Waals surface area contributed by atoms with Crippen LogP contribution in [0.3, 0.4) is 0 Å². The van der Waals surface area contributed by atoms with Crippen LogP contribution in [-0.4, -0.2) is 11.2 Å². The Balaban J connectivity index is 2.07. The Bertz CT molecular complexity index is 627. The van der Waals surface area contributed by atoms with Crippen molar-refractivity contribution in [1.29, 1.82) is 0 Å². The summed E-state index contributed by atoms with van der Waals surface area (Å²) < 4.78 is 13.1. The lowest BCUT2D eigenvalue weighted by molar-refractivity contribution is 0.624. The van der Waals surface area contributed by atoms with Crippen molar-refractivity contribution in [2.24, 2.45) is 5.10 Å². The number of nitrogen functional groups attached to an aromatic ring is 1. The monoisotopic (exact) mass is 260 g/mol. The molecule has 0 aliphatic heterocycles. The summed E-state index contributed by atoms with van der Waals surface area (Å²) in [7, 11) is 0. The molecular weight excluding hydrogens is 251 g/mol. The average molecular weight is 260 g/mol. The van der Waals surface area contributed by atoms with Crippen LogP contribution in [0.5, 0.6) is 0 Å². The van der Waals surface area contributed by atoms with E-state index in [1.54, 1.807) is 11.4 Å². The molecule has 1 aromatic carbocycles. The van der Waals surface area contributed by atoms with Crippen LogP contribution in [-0.2, 0) is 0 Å². The van der Waals surface area contributed by atoms with Crippen molar-refractivity contribution in [3.63, 3.8) is 0 Å². The first-order chi connectivity index (χ1) is 8.69. The number of anilines is 2. The molecule has 1 aromatic heterocycles. The summed E-state index contributed by atoms with van der Waals surface area (Å²) in [6, 6.07) is 4.42. The summed E-state index contributed by atoms with van der Waals surface area (Å²) in [5.74, 6) is 2.28. The van der Waals surface area contributed by atoms with Gasteiger partial charge >= 0.3 is 0 Å². The van der Waals surface area contributed by atoms with E-state index >= 15 is 0 Å². The van der Waals surface area contributed by atoms with Gasteiger partial charge in [-0.2, -0.15) is 5.10 Å². The number of hydrazone groups is 1. The number of nitrogens with two attached hydrogens (primary N) is 1. The number of hydrogen-bond acceptors (Lipinski definition) is 5. The molecule has 0 aliphatic rings. The van der Waals surface area contributed by atoms with Crippen molar-refractivity contribution in [3.8, 4) is 12.3 Å². The highest BCUT2D eigenvalue weighted by Crippen LogP contribution is 2.16. The molecule has 4 nitrogen and oxygen atoms in total. The summed E-state index contributed by atoms with van der Waals surface area (Å²) in [5, 5.41) is 6.24. The third kappa shape index (κ3) is 2.84. The molecule has 3 N–H and O–H groups in total. The number of nitrogens with zero attached hydrogens (tertiary/aromatic N) is 2. The highest BCUT2D eigenvalue weighted by molar-refractivity contribution is 7.14. The van der Waals surface area contributed by atoms with E-state index < -0.39 is 5.82 Å². The molecule has 2 rings (SSSR count). The Morgan fingerprint density at radius 3 is 3.06 bits per heavy atom. The minimum absolute atomic E-state index is 0.206. The van der Waals surface area contributed by atoms with Crippen LogP contribution >= 0.6 is 11.3 Å². The zero-order valence-electron chi connectivity index (χ0n) is 9.22. The van der Waals surface area contributed by atoms with E-state index in [1.807, 2.05) is 0 Å². The molecule has 0 spiro atoms. The fourth-order valence-corrected chi connectivity index (χ4v) is 1.78. The van der Waals surface area contributed by atoms with Crippen LogP contribution < -0.4 is 11.2 Å². The van der Waals surface area contributed by atoms with Crippen LogP contribution in [0.4, 0.5) is 15.3 Å². The fraction of sp³-hybridized carbons (Fsp3) is 0. The minimum Gasteiger partial charge on any atom is -0.383 e. The number of benzene rings is 1. The molecule has 6 heteroatoms. The Kier molecular flexibility index (Phi) is 3.55. The Morgan fingerprint density at radius 2 is 2.39 bits per heavy atom. The van der Waals surface area contributed by atoms with Crippen molar-refractivity contribution >= 4 is 28.5 Å². The van der Waals surface area contributed by atoms with E-state index in [2.05, 4.69) is 21.4 Å². The molecule has 0 atom stereocenters. The second-order valence-electron chi connectivity index (χ2n) is 3.33. The van der Waals surface area contributed by atoms with Crippen LogP contribution in [0.15, 0.2) is 28.7 Å². The number of hydrogen-bond donors (Lipinski definition) is 2. The van der Waals surface area contributed by atoms with Crippen LogP contribution in [0.2, 0.25) is 0 Å². The van der Waals surface area contributed by atoms with Crippen molar-refractivity contribution in [1.82, 2.24) is 4.98 Å². The Morgan fingerprint density at radius 1 is 1.56 bits per heavy atom. The van der Waals surface area contributed by atoms with E-state index in [-0.39, 0.29) is 5.56 Å². The zero-order valence-corrected chi connectivity index (χ0v) is 10.0. The molecule has 0 aliphatic carbocycles. The van der Waals surface area contributed by atoms with Crippen molar-refractivity contribution in [2.75, 3.05) is 11.2 Å². The second-order valence-corrected chi connectivity index (χ2v) is 4.19. The number of aromatic nitrogens is 1. The highest BCUT2D eigenvalue weighted by Gasteiger charge is 1.99. The molecule has 0 bridgehead atoms. The Labute approximate surface area is 107 Å². The molecule has 0 unspecified atom stereocenters. The van der Waals surface area contributed by atoms with Gasteiger partial charge in [-0.05, 0) is 17.7 Å². The third-order valence-electron chi connectivity index (χ3n) is 2.04. The smallest absolute Gasteiger partial charge is 0.205 e. The standard InChI is InChI=1S/C12H9FN4S/c1-2-9-5-8(3-4-10(9)13)6-15-17-12-16-11(14)7-18-12/h1,3-7H,14H2,(H,16,17). The van der Waals surface area contributed by atoms with Gasteiger partial charge in [0.05, 0.1) is 11.8 Å². The maximum Gasteiger partial charge on any atom is 0.205 e. The number of nitrogens with one attached hydrogen (secondary N) is 1. The first-order valence-electron chi connectivity index (χ1n) is 4.95. The fourth-order valence-electron chi connectivity index (χ4n) is 1.23. The van der Waals surface area contributed by atoms with Crippen molar-refractivity contribution in [2.45, 2.75) is 0 Å². The molecule has 0 fully saturated rings. The molecule has 0 radical (unpaired) electrons. The zero-order chi connectivity index (χ0) is 13.0. The lowest BCUT2D eigenvalue weighted by Crippen LogP contribution is -1.92. The molecule has 0 saturated heterocycles.